The third-order valence-corrected chi connectivity index (χ3v) is 8.63. The Labute approximate surface area is 269 Å². The second kappa shape index (κ2) is 12.8. The van der Waals surface area contributed by atoms with E-state index in [-0.39, 0.29) is 36.2 Å². The Morgan fingerprint density at radius 1 is 1.04 bits per heavy atom. The van der Waals surface area contributed by atoms with E-state index >= 15 is 0 Å². The standard InChI is InChI=1S/C31H31F6N5O4S/c1-29(2,3)46-28(44)42-10-9-41(15-21(42)16-45-4)27-39-26(43)25(47-27)22(17-6-8-24-19(11-17)14-38-40-24)12-18-5-7-20(30(32,33)34)13-23(18)31(35,36)37/h5-8,11,13-14,21,43H,9-10,12,15-16H2,1-4H3/t21-/m1/s1. The number of halogens is 6. The number of carbonyl (C=O) groups is 1. The van der Waals surface area contributed by atoms with Crippen LogP contribution in [0.4, 0.5) is 36.3 Å². The molecule has 0 unspecified atom stereocenters. The van der Waals surface area contributed by atoms with E-state index in [0.717, 1.165) is 17.4 Å². The van der Waals surface area contributed by atoms with Crippen molar-refractivity contribution in [3.8, 4) is 5.88 Å². The van der Waals surface area contributed by atoms with E-state index in [0.29, 0.717) is 33.9 Å². The van der Waals surface area contributed by atoms with Crippen LogP contribution in [-0.4, -0.2) is 72.3 Å². The molecule has 252 valence electrons. The van der Waals surface area contributed by atoms with Crippen LogP contribution in [0.2, 0.25) is 0 Å². The molecule has 0 spiro atoms. The molecule has 5 rings (SSSR count). The van der Waals surface area contributed by atoms with Crippen molar-refractivity contribution in [2.24, 2.45) is 10.2 Å². The van der Waals surface area contributed by atoms with Gasteiger partial charge in [0.25, 0.3) is 0 Å². The summed E-state index contributed by atoms with van der Waals surface area (Å²) in [6.07, 6.45) is -9.59. The molecule has 3 aromatic rings. The number of thiazole rings is 1. The molecule has 1 aromatic heterocycles. The number of alkyl halides is 6. The summed E-state index contributed by atoms with van der Waals surface area (Å²) >= 11 is 1.02. The molecule has 2 aliphatic rings. The maximum atomic E-state index is 14.1. The highest BCUT2D eigenvalue weighted by Crippen LogP contribution is 2.41. The molecule has 1 N–H and O–H groups in total. The molecule has 1 saturated heterocycles. The van der Waals surface area contributed by atoms with Gasteiger partial charge in [0.2, 0.25) is 5.88 Å². The van der Waals surface area contributed by atoms with Crippen molar-refractivity contribution >= 4 is 34.3 Å². The molecule has 1 amide bonds. The van der Waals surface area contributed by atoms with E-state index in [1.165, 1.54) is 13.3 Å². The van der Waals surface area contributed by atoms with Crippen LogP contribution in [0.3, 0.4) is 0 Å². The second-order valence-electron chi connectivity index (χ2n) is 12.0. The van der Waals surface area contributed by atoms with Crippen molar-refractivity contribution in [2.45, 2.75) is 51.2 Å². The average Bonchev–Trinajstić information content (AvgIpc) is 3.60. The van der Waals surface area contributed by atoms with Crippen molar-refractivity contribution < 1.29 is 45.7 Å². The number of benzene rings is 2. The summed E-state index contributed by atoms with van der Waals surface area (Å²) in [7, 11) is 1.49. The molecular formula is C31H31F6N5O4S. The summed E-state index contributed by atoms with van der Waals surface area (Å²) < 4.78 is 93.4. The number of hydrogen-bond donors (Lipinski definition) is 1. The molecule has 47 heavy (non-hydrogen) atoms. The van der Waals surface area contributed by atoms with E-state index in [1.54, 1.807) is 43.9 Å². The molecule has 1 atom stereocenters. The van der Waals surface area contributed by atoms with Crippen LogP contribution < -0.4 is 15.5 Å². The molecule has 2 aliphatic heterocycles. The Hall–Kier alpha value is -4.18. The van der Waals surface area contributed by atoms with Crippen molar-refractivity contribution in [3.05, 3.63) is 74.1 Å². The number of ether oxygens (including phenoxy) is 2. The molecule has 3 heterocycles. The van der Waals surface area contributed by atoms with E-state index in [2.05, 4.69) is 15.2 Å². The van der Waals surface area contributed by atoms with Crippen molar-refractivity contribution in [2.75, 3.05) is 38.3 Å². The molecule has 16 heteroatoms. The summed E-state index contributed by atoms with van der Waals surface area (Å²) in [6, 6.07) is 5.90. The smallest absolute Gasteiger partial charge is 0.416 e. The minimum absolute atomic E-state index is 0.0965. The highest BCUT2D eigenvalue weighted by Gasteiger charge is 2.39. The van der Waals surface area contributed by atoms with Crippen molar-refractivity contribution in [1.29, 1.82) is 0 Å². The number of aromatic hydroxyl groups is 1. The number of anilines is 1. The van der Waals surface area contributed by atoms with Gasteiger partial charge in [0.15, 0.2) is 5.13 Å². The first-order chi connectivity index (χ1) is 21.9. The number of methoxy groups -OCH3 is 1. The largest absolute Gasteiger partial charge is 0.492 e. The first-order valence-corrected chi connectivity index (χ1v) is 15.2. The summed E-state index contributed by atoms with van der Waals surface area (Å²) in [6.45, 7) is 6.23. The third kappa shape index (κ3) is 7.70. The van der Waals surface area contributed by atoms with Gasteiger partial charge in [-0.3, -0.25) is 4.90 Å². The van der Waals surface area contributed by atoms with Gasteiger partial charge in [-0.05, 0) is 61.4 Å². The number of carbonyl (C=O) groups excluding carboxylic acids is 1. The topological polar surface area (TPSA) is 99.9 Å². The zero-order valence-electron chi connectivity index (χ0n) is 25.7. The summed E-state index contributed by atoms with van der Waals surface area (Å²) in [5.41, 5.74) is -3.21. The van der Waals surface area contributed by atoms with Gasteiger partial charge in [0.1, 0.15) is 5.60 Å². The summed E-state index contributed by atoms with van der Waals surface area (Å²) in [5, 5.41) is 20.2. The first-order valence-electron chi connectivity index (χ1n) is 14.4. The van der Waals surface area contributed by atoms with E-state index in [4.69, 9.17) is 9.47 Å². The van der Waals surface area contributed by atoms with Crippen LogP contribution in [0.1, 0.15) is 47.9 Å². The quantitative estimate of drug-likeness (QED) is 0.351. The van der Waals surface area contributed by atoms with Crippen molar-refractivity contribution in [3.63, 3.8) is 0 Å². The molecule has 1 fully saturated rings. The number of amides is 1. The zero-order chi connectivity index (χ0) is 34.3. The summed E-state index contributed by atoms with van der Waals surface area (Å²) in [4.78, 5) is 20.7. The van der Waals surface area contributed by atoms with E-state index in [9.17, 15) is 36.2 Å². The highest BCUT2D eigenvalue weighted by atomic mass is 32.1. The Balaban J connectivity index is 1.56. The zero-order valence-corrected chi connectivity index (χ0v) is 26.6. The monoisotopic (exact) mass is 683 g/mol. The van der Waals surface area contributed by atoms with Gasteiger partial charge in [-0.1, -0.05) is 23.5 Å². The predicted molar refractivity (Wildman–Crippen MR) is 162 cm³/mol. The van der Waals surface area contributed by atoms with Gasteiger partial charge < -0.3 is 19.5 Å². The minimum atomic E-state index is -5.09. The second-order valence-corrected chi connectivity index (χ2v) is 13.0. The van der Waals surface area contributed by atoms with Crippen LogP contribution in [0.25, 0.3) is 5.57 Å². The average molecular weight is 684 g/mol. The van der Waals surface area contributed by atoms with Gasteiger partial charge in [0.05, 0.1) is 40.2 Å². The van der Waals surface area contributed by atoms with Gasteiger partial charge in [-0.2, -0.15) is 41.5 Å². The third-order valence-electron chi connectivity index (χ3n) is 7.46. The van der Waals surface area contributed by atoms with E-state index in [1.807, 2.05) is 4.90 Å². The minimum Gasteiger partial charge on any atom is -0.492 e. The maximum Gasteiger partial charge on any atom is 0.416 e. The van der Waals surface area contributed by atoms with Crippen LogP contribution in [0.5, 0.6) is 5.88 Å². The Bertz CT molecular complexity index is 1820. The van der Waals surface area contributed by atoms with E-state index < -0.39 is 59.1 Å². The Kier molecular flexibility index (Phi) is 9.29. The lowest BCUT2D eigenvalue weighted by molar-refractivity contribution is -0.143. The molecule has 9 nitrogen and oxygen atoms in total. The Morgan fingerprint density at radius 3 is 2.45 bits per heavy atom. The number of piperazine rings is 1. The lowest BCUT2D eigenvalue weighted by atomic mass is 9.94. The van der Waals surface area contributed by atoms with Gasteiger partial charge in [-0.25, -0.2) is 4.79 Å². The highest BCUT2D eigenvalue weighted by molar-refractivity contribution is 7.17. The first kappa shape index (κ1) is 34.2. The molecular weight excluding hydrogens is 652 g/mol. The Morgan fingerprint density at radius 2 is 1.79 bits per heavy atom. The molecule has 0 bridgehead atoms. The van der Waals surface area contributed by atoms with Gasteiger partial charge in [-0.15, -0.1) is 0 Å². The number of rotatable bonds is 6. The summed E-state index contributed by atoms with van der Waals surface area (Å²) in [5.74, 6) is -0.461. The normalized spacial score (nSPS) is 17.4. The lowest BCUT2D eigenvalue weighted by Crippen LogP contribution is -2.57. The SMILES string of the molecule is COC[C@H]1CN(c2nc(O)c(C(Cc3ccc(C(F)(F)F)cc3C(F)(F)F)=c3ccc4c(c3)C=NN=4)s2)CCN1C(=O)OC(C)(C)C. The maximum absolute atomic E-state index is 14.1. The fourth-order valence-electron chi connectivity index (χ4n) is 5.32. The van der Waals surface area contributed by atoms with Crippen LogP contribution in [0, 0.1) is 0 Å². The number of fused-ring (bicyclic) bond motifs is 1. The fraction of sp³-hybridized carbons (Fsp3) is 0.419. The number of aromatic nitrogens is 1. The fourth-order valence-corrected chi connectivity index (χ4v) is 6.38. The van der Waals surface area contributed by atoms with Crippen LogP contribution in [-0.2, 0) is 28.2 Å². The molecule has 0 radical (unpaired) electrons. The van der Waals surface area contributed by atoms with Gasteiger partial charge in [0, 0.05) is 38.7 Å². The number of nitrogens with zero attached hydrogens (tertiary/aromatic N) is 5. The van der Waals surface area contributed by atoms with Crippen LogP contribution in [0.15, 0.2) is 46.6 Å². The molecule has 0 aliphatic carbocycles. The number of hydrogen-bond acceptors (Lipinski definition) is 9. The molecule has 0 saturated carbocycles. The predicted octanol–water partition coefficient (Wildman–Crippen LogP) is 5.37. The van der Waals surface area contributed by atoms with Gasteiger partial charge >= 0.3 is 18.4 Å². The van der Waals surface area contributed by atoms with Crippen molar-refractivity contribution in [1.82, 2.24) is 9.88 Å². The molecule has 2 aromatic carbocycles. The lowest BCUT2D eigenvalue weighted by Gasteiger charge is -2.41. The van der Waals surface area contributed by atoms with Crippen LogP contribution >= 0.6 is 11.3 Å².